The summed E-state index contributed by atoms with van der Waals surface area (Å²) in [7, 11) is 0. The van der Waals surface area contributed by atoms with Crippen LogP contribution >= 0.6 is 11.6 Å². The van der Waals surface area contributed by atoms with Crippen molar-refractivity contribution in [3.63, 3.8) is 0 Å². The molecule has 2 rings (SSSR count). The third kappa shape index (κ3) is 7.36. The highest BCUT2D eigenvalue weighted by atomic mass is 35.5. The molecule has 0 unspecified atom stereocenters. The molecular formula is C20H21ClFN3O3. The number of rotatable bonds is 8. The van der Waals surface area contributed by atoms with Gasteiger partial charge in [-0.15, -0.1) is 0 Å². The number of hydrogen-bond donors (Lipinski definition) is 2. The summed E-state index contributed by atoms with van der Waals surface area (Å²) in [6.45, 7) is 3.79. The Morgan fingerprint density at radius 1 is 1.14 bits per heavy atom. The van der Waals surface area contributed by atoms with E-state index in [-0.39, 0.29) is 24.9 Å². The molecule has 0 spiro atoms. The minimum Gasteiger partial charge on any atom is -0.490 e. The maximum Gasteiger partial charge on any atom is 0.240 e. The highest BCUT2D eigenvalue weighted by Gasteiger charge is 2.08. The summed E-state index contributed by atoms with van der Waals surface area (Å²) in [4.78, 5) is 23.7. The molecule has 8 heteroatoms. The molecule has 0 saturated heterocycles. The number of halogens is 2. The largest absolute Gasteiger partial charge is 0.490 e. The van der Waals surface area contributed by atoms with Gasteiger partial charge in [0.05, 0.1) is 12.3 Å². The monoisotopic (exact) mass is 405 g/mol. The van der Waals surface area contributed by atoms with Crippen molar-refractivity contribution < 1.29 is 18.7 Å². The van der Waals surface area contributed by atoms with Gasteiger partial charge in [0.15, 0.2) is 0 Å². The van der Waals surface area contributed by atoms with E-state index in [1.165, 1.54) is 30.5 Å². The Balaban J connectivity index is 1.82. The maximum absolute atomic E-state index is 12.8. The van der Waals surface area contributed by atoms with Crippen molar-refractivity contribution in [2.24, 2.45) is 5.10 Å². The van der Waals surface area contributed by atoms with Crippen molar-refractivity contribution in [2.75, 3.05) is 5.32 Å². The van der Waals surface area contributed by atoms with Gasteiger partial charge in [-0.2, -0.15) is 5.10 Å². The Morgan fingerprint density at radius 3 is 2.50 bits per heavy atom. The average Bonchev–Trinajstić information content (AvgIpc) is 2.64. The van der Waals surface area contributed by atoms with E-state index in [1.54, 1.807) is 18.2 Å². The fourth-order valence-electron chi connectivity index (χ4n) is 2.19. The summed E-state index contributed by atoms with van der Waals surface area (Å²) in [5, 5.41) is 6.98. The number of nitrogens with one attached hydrogen (secondary N) is 2. The fourth-order valence-corrected chi connectivity index (χ4v) is 2.38. The number of carbonyl (C=O) groups is 2. The van der Waals surface area contributed by atoms with Crippen LogP contribution in [0.4, 0.5) is 10.1 Å². The minimum absolute atomic E-state index is 0.0254. The van der Waals surface area contributed by atoms with Crippen molar-refractivity contribution in [1.82, 2.24) is 5.43 Å². The third-order valence-corrected chi connectivity index (χ3v) is 3.67. The van der Waals surface area contributed by atoms with Gasteiger partial charge in [-0.25, -0.2) is 9.82 Å². The number of nitrogens with zero attached hydrogens (tertiary/aromatic N) is 1. The second kappa shape index (κ2) is 10.4. The van der Waals surface area contributed by atoms with Crippen molar-refractivity contribution in [3.8, 4) is 5.75 Å². The summed E-state index contributed by atoms with van der Waals surface area (Å²) in [6, 6.07) is 10.5. The predicted octanol–water partition coefficient (Wildman–Crippen LogP) is 4.14. The molecule has 0 fully saturated rings. The van der Waals surface area contributed by atoms with Crippen LogP contribution in [0, 0.1) is 5.82 Å². The quantitative estimate of drug-likeness (QED) is 0.511. The molecule has 0 aliphatic carbocycles. The maximum atomic E-state index is 12.8. The topological polar surface area (TPSA) is 79.8 Å². The summed E-state index contributed by atoms with van der Waals surface area (Å²) in [6.07, 6.45) is 1.33. The molecule has 0 aromatic heterocycles. The van der Waals surface area contributed by atoms with Crippen LogP contribution in [0.5, 0.6) is 5.75 Å². The highest BCUT2D eigenvalue weighted by Crippen LogP contribution is 2.22. The Morgan fingerprint density at radius 2 is 1.82 bits per heavy atom. The molecule has 0 aliphatic heterocycles. The van der Waals surface area contributed by atoms with Crippen molar-refractivity contribution in [2.45, 2.75) is 32.8 Å². The van der Waals surface area contributed by atoms with Crippen LogP contribution in [-0.2, 0) is 9.59 Å². The Bertz CT molecular complexity index is 854. The van der Waals surface area contributed by atoms with E-state index in [0.29, 0.717) is 22.0 Å². The molecule has 28 heavy (non-hydrogen) atoms. The SMILES string of the molecule is CC(C)Oc1ccc(Cl)cc1C=NNC(=O)CCC(=O)Nc1ccc(F)cc1. The molecule has 2 N–H and O–H groups in total. The molecule has 148 valence electrons. The van der Waals surface area contributed by atoms with Crippen molar-refractivity contribution >= 4 is 35.3 Å². The number of ether oxygens (including phenoxy) is 1. The van der Waals surface area contributed by atoms with Gasteiger partial charge in [0.2, 0.25) is 11.8 Å². The van der Waals surface area contributed by atoms with Gasteiger partial charge < -0.3 is 10.1 Å². The first-order valence-corrected chi connectivity index (χ1v) is 9.05. The summed E-state index contributed by atoms with van der Waals surface area (Å²) < 4.78 is 18.5. The molecule has 0 aliphatic rings. The molecule has 0 radical (unpaired) electrons. The zero-order valence-electron chi connectivity index (χ0n) is 15.5. The van der Waals surface area contributed by atoms with Crippen LogP contribution in [0.3, 0.4) is 0 Å². The van der Waals surface area contributed by atoms with E-state index < -0.39 is 11.7 Å². The fraction of sp³-hybridized carbons (Fsp3) is 0.250. The lowest BCUT2D eigenvalue weighted by Crippen LogP contribution is -2.20. The van der Waals surface area contributed by atoms with Crippen LogP contribution in [0.15, 0.2) is 47.6 Å². The number of hydrogen-bond acceptors (Lipinski definition) is 4. The van der Waals surface area contributed by atoms with Crippen molar-refractivity contribution in [3.05, 3.63) is 58.9 Å². The molecule has 6 nitrogen and oxygen atoms in total. The van der Waals surface area contributed by atoms with E-state index in [4.69, 9.17) is 16.3 Å². The first kappa shape index (κ1) is 21.4. The van der Waals surface area contributed by atoms with Gasteiger partial charge in [0.1, 0.15) is 11.6 Å². The van der Waals surface area contributed by atoms with Gasteiger partial charge in [-0.05, 0) is 56.3 Å². The van der Waals surface area contributed by atoms with E-state index in [2.05, 4.69) is 15.8 Å². The summed E-state index contributed by atoms with van der Waals surface area (Å²) in [5.74, 6) is -0.569. The van der Waals surface area contributed by atoms with E-state index >= 15 is 0 Å². The minimum atomic E-state index is -0.418. The van der Waals surface area contributed by atoms with Gasteiger partial charge in [-0.1, -0.05) is 11.6 Å². The number of anilines is 1. The molecular weight excluding hydrogens is 385 g/mol. The van der Waals surface area contributed by atoms with Gasteiger partial charge in [0.25, 0.3) is 0 Å². The molecule has 2 aromatic rings. The predicted molar refractivity (Wildman–Crippen MR) is 107 cm³/mol. The van der Waals surface area contributed by atoms with Crippen LogP contribution < -0.4 is 15.5 Å². The van der Waals surface area contributed by atoms with Crippen LogP contribution in [-0.4, -0.2) is 24.1 Å². The normalized spacial score (nSPS) is 10.9. The molecule has 2 amide bonds. The lowest BCUT2D eigenvalue weighted by atomic mass is 10.2. The Labute approximate surface area is 167 Å². The zero-order valence-corrected chi connectivity index (χ0v) is 16.3. The van der Waals surface area contributed by atoms with Gasteiger partial charge in [-0.3, -0.25) is 9.59 Å². The molecule has 0 saturated carbocycles. The second-order valence-electron chi connectivity index (χ2n) is 6.20. The Kier molecular flexibility index (Phi) is 7.95. The molecule has 0 heterocycles. The highest BCUT2D eigenvalue weighted by molar-refractivity contribution is 6.30. The summed E-state index contributed by atoms with van der Waals surface area (Å²) in [5.41, 5.74) is 3.44. The third-order valence-electron chi connectivity index (χ3n) is 3.43. The second-order valence-corrected chi connectivity index (χ2v) is 6.63. The first-order chi connectivity index (χ1) is 13.3. The van der Waals surface area contributed by atoms with Gasteiger partial charge >= 0.3 is 0 Å². The van der Waals surface area contributed by atoms with E-state index in [0.717, 1.165) is 0 Å². The number of benzene rings is 2. The van der Waals surface area contributed by atoms with Gasteiger partial charge in [0, 0.05) is 29.1 Å². The molecule has 0 atom stereocenters. The van der Waals surface area contributed by atoms with Crippen molar-refractivity contribution in [1.29, 1.82) is 0 Å². The number of carbonyl (C=O) groups excluding carboxylic acids is 2. The summed E-state index contributed by atoms with van der Waals surface area (Å²) >= 11 is 5.98. The lowest BCUT2D eigenvalue weighted by Gasteiger charge is -2.12. The standard InChI is InChI=1S/C20H21ClFN3O3/c1-13(2)28-18-8-3-15(21)11-14(18)12-23-25-20(27)10-9-19(26)24-17-6-4-16(22)5-7-17/h3-8,11-13H,9-10H2,1-2H3,(H,24,26)(H,25,27). The average molecular weight is 406 g/mol. The van der Waals surface area contributed by atoms with Crippen LogP contribution in [0.2, 0.25) is 5.02 Å². The van der Waals surface area contributed by atoms with Crippen LogP contribution in [0.1, 0.15) is 32.3 Å². The van der Waals surface area contributed by atoms with E-state index in [9.17, 15) is 14.0 Å². The van der Waals surface area contributed by atoms with E-state index in [1.807, 2.05) is 13.8 Å². The smallest absolute Gasteiger partial charge is 0.240 e. The number of hydrazone groups is 1. The Hall–Kier alpha value is -2.93. The lowest BCUT2D eigenvalue weighted by molar-refractivity contribution is -0.124. The zero-order chi connectivity index (χ0) is 20.5. The first-order valence-electron chi connectivity index (χ1n) is 8.67. The molecule has 0 bridgehead atoms. The number of amides is 2. The van der Waals surface area contributed by atoms with Crippen LogP contribution in [0.25, 0.3) is 0 Å². The molecule has 2 aromatic carbocycles.